The Morgan fingerprint density at radius 2 is 1.85 bits per heavy atom. The number of anilines is 1. The second-order valence-corrected chi connectivity index (χ2v) is 7.30. The van der Waals surface area contributed by atoms with Crippen LogP contribution in [-0.4, -0.2) is 66.4 Å². The van der Waals surface area contributed by atoms with Crippen LogP contribution in [0.4, 0.5) is 14.5 Å². The van der Waals surface area contributed by atoms with Crippen LogP contribution in [-0.2, 0) is 6.54 Å². The van der Waals surface area contributed by atoms with Gasteiger partial charge in [-0.15, -0.1) is 24.0 Å². The van der Waals surface area contributed by atoms with Gasteiger partial charge in [0.2, 0.25) is 0 Å². The molecule has 8 nitrogen and oxygen atoms in total. The molecule has 176 valence electrons. The Morgan fingerprint density at radius 3 is 2.52 bits per heavy atom. The van der Waals surface area contributed by atoms with Crippen molar-refractivity contribution in [2.24, 2.45) is 4.99 Å². The van der Waals surface area contributed by atoms with E-state index in [0.29, 0.717) is 56.0 Å². The minimum absolute atomic E-state index is 0. The molecule has 3 aromatic rings. The normalized spacial score (nSPS) is 14.1. The van der Waals surface area contributed by atoms with Gasteiger partial charge < -0.3 is 19.9 Å². The van der Waals surface area contributed by atoms with Gasteiger partial charge in [0.1, 0.15) is 23.2 Å². The van der Waals surface area contributed by atoms with E-state index in [1.54, 1.807) is 14.2 Å². The number of guanidine groups is 1. The van der Waals surface area contributed by atoms with Crippen LogP contribution in [0.15, 0.2) is 47.5 Å². The van der Waals surface area contributed by atoms with Gasteiger partial charge in [-0.1, -0.05) is 0 Å². The van der Waals surface area contributed by atoms with Crippen LogP contribution in [0.3, 0.4) is 0 Å². The van der Waals surface area contributed by atoms with Crippen LogP contribution in [0.5, 0.6) is 5.75 Å². The van der Waals surface area contributed by atoms with E-state index in [2.05, 4.69) is 30.4 Å². The number of benzene rings is 2. The molecule has 1 saturated heterocycles. The fraction of sp³-hybridized carbons (Fsp3) is 0.318. The molecule has 1 fully saturated rings. The standard InChI is InChI=1S/C22H25F2N7O.HI/c1-25-22(31-11-9-30(10-12-31)19-13-16(23)5-8-18(19)24)26-14-20-27-21(29-28-20)15-3-6-17(32-2)7-4-15;/h3-8,13H,9-12,14H2,1-2H3,(H,25,26)(H,27,28,29);1H. The molecule has 0 radical (unpaired) electrons. The van der Waals surface area contributed by atoms with Crippen LogP contribution in [0.25, 0.3) is 11.4 Å². The number of nitrogens with zero attached hydrogens (tertiary/aromatic N) is 5. The molecular formula is C22H26F2IN7O. The molecular weight excluding hydrogens is 543 g/mol. The Hall–Kier alpha value is -2.96. The first-order valence-corrected chi connectivity index (χ1v) is 10.3. The predicted octanol–water partition coefficient (Wildman–Crippen LogP) is 3.27. The highest BCUT2D eigenvalue weighted by Gasteiger charge is 2.22. The van der Waals surface area contributed by atoms with Crippen LogP contribution >= 0.6 is 24.0 Å². The zero-order chi connectivity index (χ0) is 22.5. The lowest BCUT2D eigenvalue weighted by Gasteiger charge is -2.37. The third-order valence-electron chi connectivity index (χ3n) is 5.33. The van der Waals surface area contributed by atoms with Gasteiger partial charge in [-0.3, -0.25) is 10.1 Å². The average Bonchev–Trinajstić information content (AvgIpc) is 3.30. The monoisotopic (exact) mass is 569 g/mol. The first-order chi connectivity index (χ1) is 15.6. The largest absolute Gasteiger partial charge is 0.497 e. The number of H-pyrrole nitrogens is 1. The van der Waals surface area contributed by atoms with Crippen molar-refractivity contribution >= 4 is 35.6 Å². The summed E-state index contributed by atoms with van der Waals surface area (Å²) < 4.78 is 32.8. The topological polar surface area (TPSA) is 81.7 Å². The number of halogens is 3. The number of aromatic nitrogens is 3. The maximum Gasteiger partial charge on any atom is 0.194 e. The third-order valence-corrected chi connectivity index (χ3v) is 5.33. The molecule has 0 bridgehead atoms. The molecule has 11 heteroatoms. The Morgan fingerprint density at radius 1 is 1.12 bits per heavy atom. The smallest absolute Gasteiger partial charge is 0.194 e. The summed E-state index contributed by atoms with van der Waals surface area (Å²) in [5.74, 6) is 1.91. The van der Waals surface area contributed by atoms with Crippen molar-refractivity contribution in [1.29, 1.82) is 0 Å². The van der Waals surface area contributed by atoms with Crippen molar-refractivity contribution < 1.29 is 13.5 Å². The second-order valence-electron chi connectivity index (χ2n) is 7.30. The summed E-state index contributed by atoms with van der Waals surface area (Å²) in [5.41, 5.74) is 1.18. The minimum atomic E-state index is -0.442. The summed E-state index contributed by atoms with van der Waals surface area (Å²) in [5, 5.41) is 10.5. The van der Waals surface area contributed by atoms with E-state index in [1.165, 1.54) is 6.07 Å². The molecule has 2 N–H and O–H groups in total. The Kier molecular flexibility index (Phi) is 8.42. The van der Waals surface area contributed by atoms with E-state index < -0.39 is 11.6 Å². The molecule has 1 aromatic heterocycles. The van der Waals surface area contributed by atoms with Gasteiger partial charge in [0, 0.05) is 44.9 Å². The van der Waals surface area contributed by atoms with Crippen LogP contribution in [0.1, 0.15) is 5.82 Å². The van der Waals surface area contributed by atoms with Crippen molar-refractivity contribution in [2.75, 3.05) is 45.2 Å². The van der Waals surface area contributed by atoms with E-state index in [9.17, 15) is 8.78 Å². The zero-order valence-electron chi connectivity index (χ0n) is 18.4. The van der Waals surface area contributed by atoms with E-state index in [1.807, 2.05) is 29.2 Å². The van der Waals surface area contributed by atoms with Gasteiger partial charge in [0.25, 0.3) is 0 Å². The van der Waals surface area contributed by atoms with Crippen molar-refractivity contribution in [3.8, 4) is 17.1 Å². The molecule has 1 aliphatic heterocycles. The summed E-state index contributed by atoms with van der Waals surface area (Å²) >= 11 is 0. The Bertz CT molecular complexity index is 1080. The molecule has 0 atom stereocenters. The van der Waals surface area contributed by atoms with Gasteiger partial charge in [-0.2, -0.15) is 5.10 Å². The van der Waals surface area contributed by atoms with Crippen molar-refractivity contribution in [3.63, 3.8) is 0 Å². The van der Waals surface area contributed by atoms with E-state index in [-0.39, 0.29) is 24.0 Å². The molecule has 4 rings (SSSR count). The summed E-state index contributed by atoms with van der Waals surface area (Å²) in [6.45, 7) is 2.80. The Balaban J connectivity index is 0.00000306. The lowest BCUT2D eigenvalue weighted by Crippen LogP contribution is -2.52. The molecule has 2 heterocycles. The highest BCUT2D eigenvalue weighted by molar-refractivity contribution is 14.0. The highest BCUT2D eigenvalue weighted by Crippen LogP contribution is 2.22. The number of nitrogens with one attached hydrogen (secondary N) is 2. The van der Waals surface area contributed by atoms with E-state index in [0.717, 1.165) is 23.4 Å². The molecule has 2 aromatic carbocycles. The van der Waals surface area contributed by atoms with Crippen molar-refractivity contribution in [3.05, 3.63) is 59.9 Å². The molecule has 0 amide bonds. The molecule has 0 unspecified atom stereocenters. The predicted molar refractivity (Wildman–Crippen MR) is 134 cm³/mol. The Labute approximate surface area is 208 Å². The maximum atomic E-state index is 14.1. The highest BCUT2D eigenvalue weighted by atomic mass is 127. The number of hydrogen-bond donors (Lipinski definition) is 2. The van der Waals surface area contributed by atoms with Crippen LogP contribution < -0.4 is 15.0 Å². The van der Waals surface area contributed by atoms with E-state index in [4.69, 9.17) is 4.74 Å². The number of rotatable bonds is 5. The van der Waals surface area contributed by atoms with Crippen molar-refractivity contribution in [2.45, 2.75) is 6.54 Å². The minimum Gasteiger partial charge on any atom is -0.497 e. The third kappa shape index (κ3) is 5.89. The van der Waals surface area contributed by atoms with Crippen LogP contribution in [0.2, 0.25) is 0 Å². The fourth-order valence-electron chi connectivity index (χ4n) is 3.63. The molecule has 0 spiro atoms. The fourth-order valence-corrected chi connectivity index (χ4v) is 3.63. The molecule has 1 aliphatic rings. The van der Waals surface area contributed by atoms with Gasteiger partial charge >= 0.3 is 0 Å². The number of aliphatic imine (C=N–C) groups is 1. The number of ether oxygens (including phenoxy) is 1. The lowest BCUT2D eigenvalue weighted by molar-refractivity contribution is 0.370. The first kappa shape index (κ1) is 24.7. The number of aromatic amines is 1. The van der Waals surface area contributed by atoms with Gasteiger partial charge in [-0.25, -0.2) is 13.8 Å². The molecule has 33 heavy (non-hydrogen) atoms. The maximum absolute atomic E-state index is 14.1. The lowest BCUT2D eigenvalue weighted by atomic mass is 10.2. The second kappa shape index (κ2) is 11.3. The summed E-state index contributed by atoms with van der Waals surface area (Å²) in [6.07, 6.45) is 0. The number of hydrogen-bond acceptors (Lipinski definition) is 5. The van der Waals surface area contributed by atoms with E-state index >= 15 is 0 Å². The van der Waals surface area contributed by atoms with Crippen LogP contribution in [0, 0.1) is 11.6 Å². The van der Waals surface area contributed by atoms with Crippen molar-refractivity contribution in [1.82, 2.24) is 25.4 Å². The molecule has 0 saturated carbocycles. The number of methoxy groups -OCH3 is 1. The zero-order valence-corrected chi connectivity index (χ0v) is 20.7. The summed E-state index contributed by atoms with van der Waals surface area (Å²) in [7, 11) is 3.34. The average molecular weight is 569 g/mol. The number of piperazine rings is 1. The quantitative estimate of drug-likeness (QED) is 0.279. The summed E-state index contributed by atoms with van der Waals surface area (Å²) in [6, 6.07) is 11.1. The summed E-state index contributed by atoms with van der Waals surface area (Å²) in [4.78, 5) is 12.8. The van der Waals surface area contributed by atoms with Gasteiger partial charge in [0.15, 0.2) is 11.8 Å². The van der Waals surface area contributed by atoms with Gasteiger partial charge in [0.05, 0.1) is 19.3 Å². The van der Waals surface area contributed by atoms with Gasteiger partial charge in [-0.05, 0) is 36.4 Å². The first-order valence-electron chi connectivity index (χ1n) is 10.3. The SMILES string of the molecule is CN=C(NCc1nc(-c2ccc(OC)cc2)n[nH]1)N1CCN(c2cc(F)ccc2F)CC1.I. The molecule has 0 aliphatic carbocycles.